The smallest absolute Gasteiger partial charge is 0.230 e. The van der Waals surface area contributed by atoms with Crippen LogP contribution in [0, 0.1) is 5.92 Å². The fraction of sp³-hybridized carbons (Fsp3) is 0.320. The van der Waals surface area contributed by atoms with Crippen LogP contribution in [0.3, 0.4) is 0 Å². The van der Waals surface area contributed by atoms with Crippen LogP contribution in [0.5, 0.6) is 5.75 Å². The molecule has 1 aromatic heterocycles. The number of hydrogen-bond donors (Lipinski definition) is 0. The van der Waals surface area contributed by atoms with E-state index in [0.717, 1.165) is 67.4 Å². The molecule has 31 heavy (non-hydrogen) atoms. The maximum absolute atomic E-state index is 13.1. The van der Waals surface area contributed by atoms with E-state index in [4.69, 9.17) is 4.74 Å². The van der Waals surface area contributed by atoms with E-state index in [1.54, 1.807) is 7.11 Å². The number of piperidine rings is 1. The van der Waals surface area contributed by atoms with Crippen molar-refractivity contribution < 1.29 is 9.53 Å². The number of fused-ring (bicyclic) bond motifs is 1. The summed E-state index contributed by atoms with van der Waals surface area (Å²) in [5.41, 5.74) is 4.09. The van der Waals surface area contributed by atoms with Crippen LogP contribution in [0.15, 0.2) is 60.7 Å². The molecule has 1 fully saturated rings. The molecule has 2 aromatic carbocycles. The molecule has 0 atom stereocenters. The second kappa shape index (κ2) is 8.38. The van der Waals surface area contributed by atoms with Crippen LogP contribution >= 0.6 is 0 Å². The van der Waals surface area contributed by atoms with Gasteiger partial charge in [0.15, 0.2) is 5.82 Å². The van der Waals surface area contributed by atoms with Crippen LogP contribution in [0.2, 0.25) is 0 Å². The third-order valence-corrected chi connectivity index (χ3v) is 6.35. The number of aromatic nitrogens is 2. The van der Waals surface area contributed by atoms with Crippen LogP contribution in [0.25, 0.3) is 11.3 Å². The highest BCUT2D eigenvalue weighted by Crippen LogP contribution is 2.32. The van der Waals surface area contributed by atoms with E-state index in [0.29, 0.717) is 0 Å². The number of hydrogen-bond acceptors (Lipinski definition) is 5. The number of ether oxygens (including phenoxy) is 1. The predicted molar refractivity (Wildman–Crippen MR) is 121 cm³/mol. The fourth-order valence-electron chi connectivity index (χ4n) is 4.64. The van der Waals surface area contributed by atoms with Crippen molar-refractivity contribution in [2.45, 2.75) is 19.3 Å². The Morgan fingerprint density at radius 1 is 0.935 bits per heavy atom. The van der Waals surface area contributed by atoms with Crippen LogP contribution in [-0.4, -0.2) is 42.8 Å². The lowest BCUT2D eigenvalue weighted by Gasteiger charge is -2.33. The lowest BCUT2D eigenvalue weighted by atomic mass is 9.95. The molecule has 3 heterocycles. The summed E-state index contributed by atoms with van der Waals surface area (Å²) in [6, 6.07) is 20.1. The van der Waals surface area contributed by atoms with Gasteiger partial charge >= 0.3 is 0 Å². The van der Waals surface area contributed by atoms with Crippen molar-refractivity contribution in [2.24, 2.45) is 5.92 Å². The first-order valence-corrected chi connectivity index (χ1v) is 10.9. The first-order valence-electron chi connectivity index (χ1n) is 10.9. The lowest BCUT2D eigenvalue weighted by Crippen LogP contribution is -2.42. The van der Waals surface area contributed by atoms with Crippen molar-refractivity contribution in [2.75, 3.05) is 36.5 Å². The number of anilines is 2. The quantitative estimate of drug-likeness (QED) is 0.647. The van der Waals surface area contributed by atoms with Gasteiger partial charge in [-0.05, 0) is 55.2 Å². The van der Waals surface area contributed by atoms with E-state index in [9.17, 15) is 4.79 Å². The SMILES string of the molecule is COc1ccccc1-c1ccc(N2CCC(C(=O)N3CCc4ccccc43)CC2)nn1. The summed E-state index contributed by atoms with van der Waals surface area (Å²) in [7, 11) is 1.66. The van der Waals surface area contributed by atoms with Crippen LogP contribution < -0.4 is 14.5 Å². The monoisotopic (exact) mass is 414 g/mol. The minimum atomic E-state index is 0.0724. The number of nitrogens with zero attached hydrogens (tertiary/aromatic N) is 4. The fourth-order valence-corrected chi connectivity index (χ4v) is 4.64. The second-order valence-electron chi connectivity index (χ2n) is 8.11. The van der Waals surface area contributed by atoms with Gasteiger partial charge in [0.2, 0.25) is 5.91 Å². The number of rotatable bonds is 4. The maximum atomic E-state index is 13.1. The minimum absolute atomic E-state index is 0.0724. The van der Waals surface area contributed by atoms with Gasteiger partial charge < -0.3 is 14.5 Å². The summed E-state index contributed by atoms with van der Waals surface area (Å²) >= 11 is 0. The normalized spacial score (nSPS) is 16.3. The summed E-state index contributed by atoms with van der Waals surface area (Å²) in [4.78, 5) is 17.3. The molecule has 1 amide bonds. The molecule has 2 aliphatic rings. The summed E-state index contributed by atoms with van der Waals surface area (Å²) in [6.07, 6.45) is 2.63. The molecule has 2 aliphatic heterocycles. The van der Waals surface area contributed by atoms with E-state index in [1.165, 1.54) is 5.56 Å². The zero-order valence-electron chi connectivity index (χ0n) is 17.7. The summed E-state index contributed by atoms with van der Waals surface area (Å²) < 4.78 is 5.43. The molecule has 0 N–H and O–H groups in total. The number of carbonyl (C=O) groups excluding carboxylic acids is 1. The van der Waals surface area contributed by atoms with Gasteiger partial charge in [0, 0.05) is 36.8 Å². The largest absolute Gasteiger partial charge is 0.496 e. The second-order valence-corrected chi connectivity index (χ2v) is 8.11. The van der Waals surface area contributed by atoms with Crippen molar-refractivity contribution >= 4 is 17.4 Å². The van der Waals surface area contributed by atoms with Crippen molar-refractivity contribution in [3.8, 4) is 17.0 Å². The minimum Gasteiger partial charge on any atom is -0.496 e. The zero-order chi connectivity index (χ0) is 21.2. The summed E-state index contributed by atoms with van der Waals surface area (Å²) in [5, 5.41) is 8.88. The molecular weight excluding hydrogens is 388 g/mol. The Morgan fingerprint density at radius 2 is 1.71 bits per heavy atom. The molecule has 6 heteroatoms. The predicted octanol–water partition coefficient (Wildman–Crippen LogP) is 3.96. The van der Waals surface area contributed by atoms with Crippen molar-refractivity contribution in [3.05, 3.63) is 66.2 Å². The van der Waals surface area contributed by atoms with Crippen LogP contribution in [-0.2, 0) is 11.2 Å². The van der Waals surface area contributed by atoms with Crippen molar-refractivity contribution in [1.29, 1.82) is 0 Å². The molecule has 0 saturated carbocycles. The molecule has 158 valence electrons. The first-order chi connectivity index (χ1) is 15.2. The molecule has 1 saturated heterocycles. The van der Waals surface area contributed by atoms with Crippen molar-refractivity contribution in [3.63, 3.8) is 0 Å². The first kappa shape index (κ1) is 19.5. The Hall–Kier alpha value is -3.41. The van der Waals surface area contributed by atoms with Gasteiger partial charge in [-0.2, -0.15) is 0 Å². The Bertz CT molecular complexity index is 1070. The van der Waals surface area contributed by atoms with Gasteiger partial charge in [-0.25, -0.2) is 0 Å². The molecule has 6 nitrogen and oxygen atoms in total. The van der Waals surface area contributed by atoms with Gasteiger partial charge in [-0.3, -0.25) is 4.79 Å². The van der Waals surface area contributed by atoms with Crippen LogP contribution in [0.1, 0.15) is 18.4 Å². The molecular formula is C25H26N4O2. The summed E-state index contributed by atoms with van der Waals surface area (Å²) in [5.74, 6) is 1.98. The van der Waals surface area contributed by atoms with Gasteiger partial charge in [-0.1, -0.05) is 30.3 Å². The molecule has 3 aromatic rings. The molecule has 0 unspecified atom stereocenters. The van der Waals surface area contributed by atoms with E-state index < -0.39 is 0 Å². The highest BCUT2D eigenvalue weighted by Gasteiger charge is 2.32. The Balaban J connectivity index is 1.23. The molecule has 0 bridgehead atoms. The molecule has 0 aliphatic carbocycles. The van der Waals surface area contributed by atoms with Gasteiger partial charge in [0.1, 0.15) is 5.75 Å². The average Bonchev–Trinajstić information content (AvgIpc) is 3.28. The van der Waals surface area contributed by atoms with E-state index in [-0.39, 0.29) is 11.8 Å². The van der Waals surface area contributed by atoms with E-state index in [1.807, 2.05) is 53.4 Å². The summed E-state index contributed by atoms with van der Waals surface area (Å²) in [6.45, 7) is 2.43. The van der Waals surface area contributed by atoms with Crippen molar-refractivity contribution in [1.82, 2.24) is 10.2 Å². The number of amides is 1. The highest BCUT2D eigenvalue weighted by molar-refractivity contribution is 5.97. The standard InChI is InChI=1S/C25H26N4O2/c1-31-23-9-5-3-7-20(23)21-10-11-24(27-26-21)28-15-12-19(13-16-28)25(30)29-17-14-18-6-2-4-8-22(18)29/h2-11,19H,12-17H2,1H3. The van der Waals surface area contributed by atoms with E-state index >= 15 is 0 Å². The number of para-hydroxylation sites is 2. The van der Waals surface area contributed by atoms with Gasteiger partial charge in [0.05, 0.1) is 12.8 Å². The molecule has 5 rings (SSSR count). The maximum Gasteiger partial charge on any atom is 0.230 e. The van der Waals surface area contributed by atoms with Gasteiger partial charge in [0.25, 0.3) is 0 Å². The van der Waals surface area contributed by atoms with E-state index in [2.05, 4.69) is 27.2 Å². The Morgan fingerprint density at radius 3 is 2.48 bits per heavy atom. The number of methoxy groups -OCH3 is 1. The topological polar surface area (TPSA) is 58.6 Å². The third kappa shape index (κ3) is 3.74. The Kier molecular flexibility index (Phi) is 5.28. The Labute approximate surface area is 182 Å². The lowest BCUT2D eigenvalue weighted by molar-refractivity contribution is -0.122. The molecule has 0 radical (unpaired) electrons. The van der Waals surface area contributed by atoms with Gasteiger partial charge in [-0.15, -0.1) is 10.2 Å². The number of carbonyl (C=O) groups is 1. The molecule has 0 spiro atoms. The van der Waals surface area contributed by atoms with Crippen LogP contribution in [0.4, 0.5) is 11.5 Å². The average molecular weight is 415 g/mol. The zero-order valence-corrected chi connectivity index (χ0v) is 17.7. The highest BCUT2D eigenvalue weighted by atomic mass is 16.5. The third-order valence-electron chi connectivity index (χ3n) is 6.35. The number of benzene rings is 2.